The average molecular weight is 294 g/mol. The van der Waals surface area contributed by atoms with Gasteiger partial charge in [-0.15, -0.1) is 0 Å². The molecular weight excluding hydrogens is 272 g/mol. The van der Waals surface area contributed by atoms with Crippen LogP contribution in [0.15, 0.2) is 24.3 Å². The lowest BCUT2D eigenvalue weighted by Gasteiger charge is -2.28. The normalized spacial score (nSPS) is 10.2. The molecule has 2 amide bonds. The zero-order valence-electron chi connectivity index (χ0n) is 12.7. The van der Waals surface area contributed by atoms with E-state index in [4.69, 9.17) is 9.84 Å². The molecule has 0 aliphatic heterocycles. The van der Waals surface area contributed by atoms with Gasteiger partial charge in [0.25, 0.3) is 0 Å². The molecule has 0 spiro atoms. The Kier molecular flexibility index (Phi) is 6.68. The van der Waals surface area contributed by atoms with Crippen LogP contribution in [0.3, 0.4) is 0 Å². The van der Waals surface area contributed by atoms with E-state index in [0.29, 0.717) is 18.8 Å². The highest BCUT2D eigenvalue weighted by Crippen LogP contribution is 2.17. The lowest BCUT2D eigenvalue weighted by molar-refractivity contribution is -0.136. The lowest BCUT2D eigenvalue weighted by atomic mass is 10.2. The van der Waals surface area contributed by atoms with Gasteiger partial charge in [-0.25, -0.2) is 4.79 Å². The molecule has 1 N–H and O–H groups in total. The quantitative estimate of drug-likeness (QED) is 0.834. The van der Waals surface area contributed by atoms with Crippen LogP contribution < -0.4 is 4.90 Å². The highest BCUT2D eigenvalue weighted by molar-refractivity contribution is 5.92. The maximum absolute atomic E-state index is 12.5. The number of carbonyl (C=O) groups is 2. The third-order valence-electron chi connectivity index (χ3n) is 3.08. The average Bonchev–Trinajstić information content (AvgIpc) is 2.46. The molecule has 116 valence electrons. The Morgan fingerprint density at radius 1 is 1.19 bits per heavy atom. The van der Waals surface area contributed by atoms with E-state index in [9.17, 15) is 9.59 Å². The van der Waals surface area contributed by atoms with Crippen LogP contribution in [0.2, 0.25) is 0 Å². The van der Waals surface area contributed by atoms with Crippen molar-refractivity contribution in [1.29, 1.82) is 0 Å². The number of carbonyl (C=O) groups excluding carboxylic acids is 1. The highest BCUT2D eigenvalue weighted by Gasteiger charge is 2.20. The van der Waals surface area contributed by atoms with Crippen LogP contribution in [0, 0.1) is 6.92 Å². The van der Waals surface area contributed by atoms with Crippen molar-refractivity contribution in [2.75, 3.05) is 38.8 Å². The molecular formula is C15H22N2O4. The molecule has 1 aromatic carbocycles. The predicted octanol–water partition coefficient (Wildman–Crippen LogP) is 1.97. The van der Waals surface area contributed by atoms with Crippen LogP contribution in [-0.4, -0.2) is 55.9 Å². The van der Waals surface area contributed by atoms with Crippen molar-refractivity contribution < 1.29 is 19.4 Å². The number of aryl methyl sites for hydroxylation is 1. The highest BCUT2D eigenvalue weighted by atomic mass is 16.5. The summed E-state index contributed by atoms with van der Waals surface area (Å²) in [6.07, 6.45) is -0.0995. The number of nitrogens with zero attached hydrogens (tertiary/aromatic N) is 2. The Morgan fingerprint density at radius 3 is 2.33 bits per heavy atom. The molecule has 21 heavy (non-hydrogen) atoms. The first kappa shape index (κ1) is 17.0. The van der Waals surface area contributed by atoms with Crippen LogP contribution in [-0.2, 0) is 9.53 Å². The topological polar surface area (TPSA) is 70.1 Å². The van der Waals surface area contributed by atoms with Gasteiger partial charge in [-0.1, -0.05) is 17.7 Å². The second-order valence-corrected chi connectivity index (χ2v) is 4.83. The van der Waals surface area contributed by atoms with Crippen LogP contribution in [0.5, 0.6) is 0 Å². The van der Waals surface area contributed by atoms with Gasteiger partial charge in [0, 0.05) is 32.9 Å². The number of amides is 2. The van der Waals surface area contributed by atoms with E-state index in [2.05, 4.69) is 0 Å². The minimum absolute atomic E-state index is 0.0995. The fourth-order valence-electron chi connectivity index (χ4n) is 1.80. The van der Waals surface area contributed by atoms with Crippen molar-refractivity contribution >= 4 is 17.7 Å². The number of aliphatic carboxylic acids is 1. The summed E-state index contributed by atoms with van der Waals surface area (Å²) in [7, 11) is 3.24. The SMILES string of the molecule is COCCN(C)C(=O)N(CCC(=O)O)c1ccc(C)cc1. The zero-order chi connectivity index (χ0) is 15.8. The van der Waals surface area contributed by atoms with E-state index >= 15 is 0 Å². The Hall–Kier alpha value is -2.08. The minimum Gasteiger partial charge on any atom is -0.481 e. The first-order valence-corrected chi connectivity index (χ1v) is 6.75. The number of anilines is 1. The standard InChI is InChI=1S/C15H22N2O4/c1-12-4-6-13(7-5-12)17(9-8-14(18)19)15(20)16(2)10-11-21-3/h4-7H,8-11H2,1-3H3,(H,18,19). The number of likely N-dealkylation sites (N-methyl/N-ethyl adjacent to an activating group) is 1. The Morgan fingerprint density at radius 2 is 1.81 bits per heavy atom. The first-order valence-electron chi connectivity index (χ1n) is 6.75. The molecule has 1 rings (SSSR count). The van der Waals surface area contributed by atoms with Gasteiger partial charge in [-0.05, 0) is 19.1 Å². The summed E-state index contributed by atoms with van der Waals surface area (Å²) in [4.78, 5) is 26.2. The van der Waals surface area contributed by atoms with E-state index in [1.54, 1.807) is 14.2 Å². The maximum Gasteiger partial charge on any atom is 0.324 e. The smallest absolute Gasteiger partial charge is 0.324 e. The van der Waals surface area contributed by atoms with Crippen molar-refractivity contribution in [3.8, 4) is 0 Å². The Bertz CT molecular complexity index is 473. The Labute approximate surface area is 124 Å². The minimum atomic E-state index is -0.931. The number of benzene rings is 1. The first-order chi connectivity index (χ1) is 9.95. The van der Waals surface area contributed by atoms with Crippen molar-refractivity contribution in [3.63, 3.8) is 0 Å². The Balaban J connectivity index is 2.87. The predicted molar refractivity (Wildman–Crippen MR) is 80.7 cm³/mol. The number of carboxylic acid groups (broad SMARTS) is 1. The summed E-state index contributed by atoms with van der Waals surface area (Å²) in [6, 6.07) is 7.19. The van der Waals surface area contributed by atoms with E-state index in [-0.39, 0.29) is 19.0 Å². The second-order valence-electron chi connectivity index (χ2n) is 4.83. The van der Waals surface area contributed by atoms with Crippen LogP contribution in [0.1, 0.15) is 12.0 Å². The largest absolute Gasteiger partial charge is 0.481 e. The zero-order valence-corrected chi connectivity index (χ0v) is 12.7. The van der Waals surface area contributed by atoms with Crippen molar-refractivity contribution in [1.82, 2.24) is 4.90 Å². The number of hydrogen-bond donors (Lipinski definition) is 1. The third kappa shape index (κ3) is 5.43. The van der Waals surface area contributed by atoms with Crippen LogP contribution in [0.4, 0.5) is 10.5 Å². The molecule has 0 bridgehead atoms. The fourth-order valence-corrected chi connectivity index (χ4v) is 1.80. The van der Waals surface area contributed by atoms with Gasteiger partial charge in [0.1, 0.15) is 0 Å². The van der Waals surface area contributed by atoms with Crippen LogP contribution in [0.25, 0.3) is 0 Å². The van der Waals surface area contributed by atoms with E-state index in [1.165, 1.54) is 9.80 Å². The molecule has 0 unspecified atom stereocenters. The number of urea groups is 1. The molecule has 0 radical (unpaired) electrons. The summed E-state index contributed by atoms with van der Waals surface area (Å²) >= 11 is 0. The van der Waals surface area contributed by atoms with Crippen LogP contribution >= 0.6 is 0 Å². The summed E-state index contributed by atoms with van der Waals surface area (Å²) in [6.45, 7) is 2.97. The number of carboxylic acids is 1. The molecule has 0 atom stereocenters. The summed E-state index contributed by atoms with van der Waals surface area (Å²) in [5.74, 6) is -0.931. The molecule has 0 fully saturated rings. The fraction of sp³-hybridized carbons (Fsp3) is 0.467. The number of ether oxygens (including phenoxy) is 1. The van der Waals surface area contributed by atoms with Crippen molar-refractivity contribution in [2.24, 2.45) is 0 Å². The molecule has 0 aliphatic rings. The lowest BCUT2D eigenvalue weighted by Crippen LogP contribution is -2.43. The van der Waals surface area contributed by atoms with Crippen molar-refractivity contribution in [2.45, 2.75) is 13.3 Å². The van der Waals surface area contributed by atoms with Gasteiger partial charge in [0.15, 0.2) is 0 Å². The number of methoxy groups -OCH3 is 1. The van der Waals surface area contributed by atoms with Crippen molar-refractivity contribution in [3.05, 3.63) is 29.8 Å². The van der Waals surface area contributed by atoms with Gasteiger partial charge in [0.05, 0.1) is 13.0 Å². The van der Waals surface area contributed by atoms with E-state index < -0.39 is 5.97 Å². The maximum atomic E-state index is 12.5. The molecule has 1 aromatic rings. The second kappa shape index (κ2) is 8.26. The number of rotatable bonds is 7. The monoisotopic (exact) mass is 294 g/mol. The van der Waals surface area contributed by atoms with Gasteiger partial charge < -0.3 is 14.7 Å². The van der Waals surface area contributed by atoms with E-state index in [1.807, 2.05) is 31.2 Å². The van der Waals surface area contributed by atoms with Gasteiger partial charge in [-0.2, -0.15) is 0 Å². The molecule has 6 heteroatoms. The summed E-state index contributed by atoms with van der Waals surface area (Å²) in [5.41, 5.74) is 1.77. The molecule has 0 heterocycles. The summed E-state index contributed by atoms with van der Waals surface area (Å²) < 4.78 is 4.96. The molecule has 0 aliphatic carbocycles. The molecule has 0 aromatic heterocycles. The van der Waals surface area contributed by atoms with Gasteiger partial charge >= 0.3 is 12.0 Å². The number of hydrogen-bond acceptors (Lipinski definition) is 3. The molecule has 6 nitrogen and oxygen atoms in total. The third-order valence-corrected chi connectivity index (χ3v) is 3.08. The van der Waals surface area contributed by atoms with Gasteiger partial charge in [0.2, 0.25) is 0 Å². The van der Waals surface area contributed by atoms with E-state index in [0.717, 1.165) is 5.56 Å². The summed E-state index contributed by atoms with van der Waals surface area (Å²) in [5, 5.41) is 8.84. The van der Waals surface area contributed by atoms with Gasteiger partial charge in [-0.3, -0.25) is 9.69 Å². The molecule has 0 saturated carbocycles. The molecule has 0 saturated heterocycles.